The Morgan fingerprint density at radius 1 is 1.00 bits per heavy atom. The number of benzene rings is 1. The molecule has 1 saturated heterocycles. The number of carbonyl (C=O) groups excluding carboxylic acids is 1. The summed E-state index contributed by atoms with van der Waals surface area (Å²) < 4.78 is 5.43. The van der Waals surface area contributed by atoms with Crippen LogP contribution < -0.4 is 5.32 Å². The normalized spacial score (nSPS) is 23.5. The number of nitrogens with zero attached hydrogens (tertiary/aromatic N) is 1. The first-order valence-corrected chi connectivity index (χ1v) is 14.9. The van der Waals surface area contributed by atoms with E-state index in [0.717, 1.165) is 26.3 Å². The maximum Gasteiger partial charge on any atom is 0.231 e. The number of rotatable bonds is 7. The highest BCUT2D eigenvalue weighted by Gasteiger charge is 2.29. The van der Waals surface area contributed by atoms with Crippen molar-refractivity contribution in [1.82, 2.24) is 10.2 Å². The summed E-state index contributed by atoms with van der Waals surface area (Å²) in [4.78, 5) is 16.4. The lowest BCUT2D eigenvalue weighted by atomic mass is 9.81. The van der Waals surface area contributed by atoms with Gasteiger partial charge in [-0.3, -0.25) is 9.69 Å². The average Bonchev–Trinajstić information content (AvgIpc) is 2.77. The second-order valence-electron chi connectivity index (χ2n) is 11.9. The van der Waals surface area contributed by atoms with Crippen molar-refractivity contribution < 1.29 is 9.53 Å². The van der Waals surface area contributed by atoms with Gasteiger partial charge in [0.2, 0.25) is 5.91 Å². The smallest absolute Gasteiger partial charge is 0.231 e. The van der Waals surface area contributed by atoms with E-state index in [9.17, 15) is 4.79 Å². The molecule has 3 rings (SSSR count). The predicted molar refractivity (Wildman–Crippen MR) is 148 cm³/mol. The molecule has 1 saturated carbocycles. The van der Waals surface area contributed by atoms with Gasteiger partial charge >= 0.3 is 0 Å². The molecule has 1 heterocycles. The number of amides is 1. The summed E-state index contributed by atoms with van der Waals surface area (Å²) in [6, 6.07) is 7.22. The minimum Gasteiger partial charge on any atom is -0.379 e. The van der Waals surface area contributed by atoms with Gasteiger partial charge in [0.25, 0.3) is 0 Å². The first-order chi connectivity index (χ1) is 15.9. The van der Waals surface area contributed by atoms with Crippen LogP contribution in [-0.2, 0) is 20.4 Å². The lowest BCUT2D eigenvalue weighted by Gasteiger charge is -2.33. The second kappa shape index (κ2) is 12.0. The number of hydrogen-bond donors (Lipinski definition) is 1. The molecule has 192 valence electrons. The fourth-order valence-corrected chi connectivity index (χ4v) is 7.46. The molecule has 3 atom stereocenters. The summed E-state index contributed by atoms with van der Waals surface area (Å²) in [5, 5.41) is 4.29. The first kappa shape index (κ1) is 27.9. The summed E-state index contributed by atoms with van der Waals surface area (Å²) in [5.41, 5.74) is 3.09. The van der Waals surface area contributed by atoms with Gasteiger partial charge in [-0.25, -0.2) is 0 Å². The van der Waals surface area contributed by atoms with E-state index in [1.165, 1.54) is 41.7 Å². The molecule has 3 unspecified atom stereocenters. The Labute approximate surface area is 216 Å². The molecule has 34 heavy (non-hydrogen) atoms. The molecule has 1 aliphatic heterocycles. The van der Waals surface area contributed by atoms with Crippen molar-refractivity contribution in [3.05, 3.63) is 29.3 Å². The van der Waals surface area contributed by atoms with Gasteiger partial charge in [-0.15, -0.1) is 23.5 Å². The standard InChI is InChI=1S/C28H46N2O2S2/c1-20(30-12-14-32-15-13-30)29-26(31)19-33-24-10-8-9-11-25(24)34-23-17-21(27(2,3)4)16-22(18-23)28(5,6)7/h16-18,20,24-25H,8-15,19H2,1-7H3,(H,29,31). The van der Waals surface area contributed by atoms with Crippen molar-refractivity contribution in [2.45, 2.75) is 107 Å². The van der Waals surface area contributed by atoms with Crippen LogP contribution in [0.2, 0.25) is 0 Å². The van der Waals surface area contributed by atoms with Crippen LogP contribution in [0.3, 0.4) is 0 Å². The van der Waals surface area contributed by atoms with E-state index in [1.807, 2.05) is 23.5 Å². The van der Waals surface area contributed by atoms with E-state index in [4.69, 9.17) is 4.74 Å². The van der Waals surface area contributed by atoms with Gasteiger partial charge in [0.05, 0.1) is 25.1 Å². The Bertz CT molecular complexity index is 777. The molecular weight excluding hydrogens is 460 g/mol. The second-order valence-corrected chi connectivity index (χ2v) is 14.5. The molecule has 0 bridgehead atoms. The van der Waals surface area contributed by atoms with Crippen molar-refractivity contribution in [2.24, 2.45) is 0 Å². The maximum absolute atomic E-state index is 12.7. The highest BCUT2D eigenvalue weighted by molar-refractivity contribution is 8.04. The van der Waals surface area contributed by atoms with Crippen molar-refractivity contribution in [3.63, 3.8) is 0 Å². The molecule has 1 aromatic carbocycles. The molecule has 0 radical (unpaired) electrons. The molecule has 0 spiro atoms. The fraction of sp³-hybridized carbons (Fsp3) is 0.750. The largest absolute Gasteiger partial charge is 0.379 e. The van der Waals surface area contributed by atoms with Gasteiger partial charge in [-0.2, -0.15) is 0 Å². The van der Waals surface area contributed by atoms with Crippen LogP contribution >= 0.6 is 23.5 Å². The minimum absolute atomic E-state index is 0.0736. The van der Waals surface area contributed by atoms with Gasteiger partial charge in [-0.1, -0.05) is 60.5 Å². The van der Waals surface area contributed by atoms with E-state index >= 15 is 0 Å². The molecule has 4 nitrogen and oxygen atoms in total. The van der Waals surface area contributed by atoms with E-state index in [-0.39, 0.29) is 22.9 Å². The molecular formula is C28H46N2O2S2. The predicted octanol–water partition coefficient (Wildman–Crippen LogP) is 6.21. The minimum atomic E-state index is 0.0736. The van der Waals surface area contributed by atoms with Gasteiger partial charge in [0.1, 0.15) is 0 Å². The van der Waals surface area contributed by atoms with Crippen LogP contribution in [0.5, 0.6) is 0 Å². The molecule has 2 fully saturated rings. The topological polar surface area (TPSA) is 41.6 Å². The third-order valence-corrected chi connectivity index (χ3v) is 9.93. The zero-order chi connectivity index (χ0) is 24.9. The summed E-state index contributed by atoms with van der Waals surface area (Å²) >= 11 is 3.91. The van der Waals surface area contributed by atoms with Crippen LogP contribution in [0.1, 0.15) is 85.3 Å². The van der Waals surface area contributed by atoms with Gasteiger partial charge in [0.15, 0.2) is 0 Å². The SMILES string of the molecule is CC(NC(=O)CSC1CCCCC1Sc1cc(C(C)(C)C)cc(C(C)(C)C)c1)N1CCOCC1. The number of hydrogen-bond acceptors (Lipinski definition) is 5. The third kappa shape index (κ3) is 8.18. The van der Waals surface area contributed by atoms with Crippen molar-refractivity contribution in [1.29, 1.82) is 0 Å². The zero-order valence-corrected chi connectivity index (χ0v) is 24.0. The molecule has 1 N–H and O–H groups in total. The van der Waals surface area contributed by atoms with Crippen LogP contribution in [0.4, 0.5) is 0 Å². The van der Waals surface area contributed by atoms with Crippen LogP contribution in [0, 0.1) is 0 Å². The zero-order valence-electron chi connectivity index (χ0n) is 22.4. The Morgan fingerprint density at radius 2 is 1.56 bits per heavy atom. The molecule has 1 aromatic rings. The molecule has 6 heteroatoms. The van der Waals surface area contributed by atoms with Crippen molar-refractivity contribution in [2.75, 3.05) is 32.1 Å². The number of morpholine rings is 1. The summed E-state index contributed by atoms with van der Waals surface area (Å²) in [5.74, 6) is 0.703. The number of nitrogens with one attached hydrogen (secondary N) is 1. The van der Waals surface area contributed by atoms with Crippen molar-refractivity contribution >= 4 is 29.4 Å². The number of thioether (sulfide) groups is 2. The molecule has 2 aliphatic rings. The summed E-state index contributed by atoms with van der Waals surface area (Å²) in [6.45, 7) is 19.2. The van der Waals surface area contributed by atoms with E-state index < -0.39 is 0 Å². The quantitative estimate of drug-likeness (QED) is 0.476. The average molecular weight is 507 g/mol. The lowest BCUT2D eigenvalue weighted by Crippen LogP contribution is -2.51. The molecule has 1 amide bonds. The maximum atomic E-state index is 12.7. The van der Waals surface area contributed by atoms with E-state index in [1.54, 1.807) is 0 Å². The number of ether oxygens (including phenoxy) is 1. The van der Waals surface area contributed by atoms with E-state index in [0.29, 0.717) is 16.3 Å². The monoisotopic (exact) mass is 506 g/mol. The van der Waals surface area contributed by atoms with Crippen molar-refractivity contribution in [3.8, 4) is 0 Å². The van der Waals surface area contributed by atoms with Crippen LogP contribution in [0.25, 0.3) is 0 Å². The highest BCUT2D eigenvalue weighted by atomic mass is 32.2. The Morgan fingerprint density at radius 3 is 2.12 bits per heavy atom. The molecule has 1 aliphatic carbocycles. The summed E-state index contributed by atoms with van der Waals surface area (Å²) in [7, 11) is 0. The highest BCUT2D eigenvalue weighted by Crippen LogP contribution is 2.42. The Kier molecular flexibility index (Phi) is 9.87. The van der Waals surface area contributed by atoms with Gasteiger partial charge in [-0.05, 0) is 53.9 Å². The van der Waals surface area contributed by atoms with Crippen LogP contribution in [-0.4, -0.2) is 59.5 Å². The Hall–Kier alpha value is -0.690. The van der Waals surface area contributed by atoms with E-state index in [2.05, 4.69) is 76.9 Å². The van der Waals surface area contributed by atoms with Gasteiger partial charge in [0, 0.05) is 28.5 Å². The Balaban J connectivity index is 1.63. The first-order valence-electron chi connectivity index (χ1n) is 13.0. The van der Waals surface area contributed by atoms with Crippen LogP contribution in [0.15, 0.2) is 23.1 Å². The van der Waals surface area contributed by atoms with Gasteiger partial charge < -0.3 is 10.1 Å². The summed E-state index contributed by atoms with van der Waals surface area (Å²) in [6.07, 6.45) is 5.08. The molecule has 0 aromatic heterocycles. The number of carbonyl (C=O) groups is 1. The third-order valence-electron chi connectivity index (χ3n) is 6.96. The fourth-order valence-electron chi connectivity index (χ4n) is 4.61. The lowest BCUT2D eigenvalue weighted by molar-refractivity contribution is -0.121.